The lowest BCUT2D eigenvalue weighted by atomic mass is 10.4. The van der Waals surface area contributed by atoms with Crippen molar-refractivity contribution in [2.45, 2.75) is 25.5 Å². The molecule has 0 aromatic heterocycles. The lowest BCUT2D eigenvalue weighted by Gasteiger charge is -2.14. The summed E-state index contributed by atoms with van der Waals surface area (Å²) in [5.74, 6) is -0.173. The van der Waals surface area contributed by atoms with Gasteiger partial charge in [0.05, 0.1) is 0 Å². The number of carbonyl (C=O) groups excluding carboxylic acids is 3. The van der Waals surface area contributed by atoms with Crippen LogP contribution >= 0.6 is 11.8 Å². The van der Waals surface area contributed by atoms with Crippen molar-refractivity contribution >= 4 is 29.5 Å². The molecular formula is C11H16N2O3S. The van der Waals surface area contributed by atoms with Crippen LogP contribution in [0.1, 0.15) is 20.3 Å². The highest BCUT2D eigenvalue weighted by atomic mass is 32.2. The third-order valence-electron chi connectivity index (χ3n) is 2.12. The molecule has 0 saturated heterocycles. The van der Waals surface area contributed by atoms with Gasteiger partial charge in [0.2, 0.25) is 5.91 Å². The van der Waals surface area contributed by atoms with Crippen molar-refractivity contribution in [2.75, 3.05) is 12.4 Å². The van der Waals surface area contributed by atoms with Crippen LogP contribution in [0.2, 0.25) is 0 Å². The second kappa shape index (κ2) is 6.44. The van der Waals surface area contributed by atoms with Crippen LogP contribution in [0.5, 0.6) is 0 Å². The molecule has 0 spiro atoms. The summed E-state index contributed by atoms with van der Waals surface area (Å²) in [6, 6.07) is 0. The number of hydrogen-bond donors (Lipinski definition) is 1. The number of amides is 3. The van der Waals surface area contributed by atoms with Gasteiger partial charge < -0.3 is 5.32 Å². The second-order valence-corrected chi connectivity index (χ2v) is 5.55. The topological polar surface area (TPSA) is 66.5 Å². The Labute approximate surface area is 105 Å². The summed E-state index contributed by atoms with van der Waals surface area (Å²) in [7, 11) is 0. The highest BCUT2D eigenvalue weighted by molar-refractivity contribution is 7.99. The molecule has 1 aliphatic rings. The largest absolute Gasteiger partial charge is 0.338 e. The third kappa shape index (κ3) is 4.60. The Morgan fingerprint density at radius 3 is 2.47 bits per heavy atom. The normalized spacial score (nSPS) is 14.9. The minimum Gasteiger partial charge on any atom is -0.338 e. The van der Waals surface area contributed by atoms with Crippen molar-refractivity contribution < 1.29 is 14.4 Å². The standard InChI is InChI=1S/C11H16N2O3S/c1-8(2)17-6-5-9(14)12-7-13-10(15)3-4-11(13)16/h3-4,8H,5-7H2,1-2H3,(H,12,14). The molecule has 0 aromatic carbocycles. The van der Waals surface area contributed by atoms with Gasteiger partial charge in [-0.2, -0.15) is 11.8 Å². The molecule has 1 rings (SSSR count). The first-order chi connectivity index (χ1) is 8.00. The molecule has 0 bridgehead atoms. The van der Waals surface area contributed by atoms with E-state index in [0.717, 1.165) is 10.7 Å². The maximum Gasteiger partial charge on any atom is 0.255 e. The van der Waals surface area contributed by atoms with Gasteiger partial charge in [-0.1, -0.05) is 13.8 Å². The van der Waals surface area contributed by atoms with Gasteiger partial charge in [-0.05, 0) is 5.25 Å². The molecule has 0 atom stereocenters. The molecule has 6 heteroatoms. The molecule has 0 aromatic rings. The third-order valence-corrected chi connectivity index (χ3v) is 3.22. The molecule has 1 N–H and O–H groups in total. The highest BCUT2D eigenvalue weighted by Crippen LogP contribution is 2.09. The first-order valence-electron chi connectivity index (χ1n) is 5.42. The summed E-state index contributed by atoms with van der Waals surface area (Å²) < 4.78 is 0. The average Bonchev–Trinajstić information content (AvgIpc) is 2.55. The number of nitrogens with one attached hydrogen (secondary N) is 1. The molecule has 5 nitrogen and oxygen atoms in total. The van der Waals surface area contributed by atoms with E-state index in [9.17, 15) is 14.4 Å². The van der Waals surface area contributed by atoms with Gasteiger partial charge in [-0.25, -0.2) is 0 Å². The van der Waals surface area contributed by atoms with E-state index in [1.807, 2.05) is 0 Å². The van der Waals surface area contributed by atoms with Crippen LogP contribution in [0.3, 0.4) is 0 Å². The SMILES string of the molecule is CC(C)SCCC(=O)NCN1C(=O)C=CC1=O. The zero-order valence-corrected chi connectivity index (χ0v) is 10.8. The molecule has 0 aliphatic carbocycles. The molecular weight excluding hydrogens is 240 g/mol. The first-order valence-corrected chi connectivity index (χ1v) is 6.47. The van der Waals surface area contributed by atoms with E-state index < -0.39 is 0 Å². The second-order valence-electron chi connectivity index (χ2n) is 3.87. The molecule has 0 unspecified atom stereocenters. The molecule has 0 fully saturated rings. The van der Waals surface area contributed by atoms with E-state index in [1.165, 1.54) is 12.2 Å². The molecule has 0 saturated carbocycles. The molecule has 1 heterocycles. The Kier molecular flexibility index (Phi) is 5.21. The van der Waals surface area contributed by atoms with Gasteiger partial charge in [0.25, 0.3) is 11.8 Å². The van der Waals surface area contributed by atoms with Crippen LogP contribution < -0.4 is 5.32 Å². The average molecular weight is 256 g/mol. The van der Waals surface area contributed by atoms with Gasteiger partial charge >= 0.3 is 0 Å². The Bertz CT molecular complexity index is 335. The summed E-state index contributed by atoms with van der Waals surface area (Å²) >= 11 is 1.70. The van der Waals surface area contributed by atoms with Crippen molar-refractivity contribution in [3.63, 3.8) is 0 Å². The molecule has 1 aliphatic heterocycles. The fraction of sp³-hybridized carbons (Fsp3) is 0.545. The maximum atomic E-state index is 11.4. The van der Waals surface area contributed by atoms with Crippen molar-refractivity contribution in [3.8, 4) is 0 Å². The van der Waals surface area contributed by atoms with E-state index in [2.05, 4.69) is 19.2 Å². The lowest BCUT2D eigenvalue weighted by molar-refractivity contribution is -0.137. The Hall–Kier alpha value is -1.30. The van der Waals surface area contributed by atoms with Crippen LogP contribution in [-0.4, -0.2) is 40.3 Å². The predicted molar refractivity (Wildman–Crippen MR) is 66.2 cm³/mol. The van der Waals surface area contributed by atoms with Crippen molar-refractivity contribution in [2.24, 2.45) is 0 Å². The molecule has 94 valence electrons. The van der Waals surface area contributed by atoms with E-state index in [-0.39, 0.29) is 24.4 Å². The molecule has 17 heavy (non-hydrogen) atoms. The Morgan fingerprint density at radius 2 is 1.94 bits per heavy atom. The number of nitrogens with zero attached hydrogens (tertiary/aromatic N) is 1. The van der Waals surface area contributed by atoms with E-state index in [0.29, 0.717) is 11.7 Å². The van der Waals surface area contributed by atoms with E-state index in [4.69, 9.17) is 0 Å². The lowest BCUT2D eigenvalue weighted by Crippen LogP contribution is -2.41. The predicted octanol–water partition coefficient (Wildman–Crippen LogP) is 0.517. The summed E-state index contributed by atoms with van der Waals surface area (Å²) in [5.41, 5.74) is 0. The fourth-order valence-electron chi connectivity index (χ4n) is 1.23. The van der Waals surface area contributed by atoms with Crippen LogP contribution in [-0.2, 0) is 14.4 Å². The van der Waals surface area contributed by atoms with Crippen molar-refractivity contribution in [1.82, 2.24) is 10.2 Å². The maximum absolute atomic E-state index is 11.4. The number of hydrogen-bond acceptors (Lipinski definition) is 4. The van der Waals surface area contributed by atoms with Crippen molar-refractivity contribution in [3.05, 3.63) is 12.2 Å². The quantitative estimate of drug-likeness (QED) is 0.703. The van der Waals surface area contributed by atoms with Gasteiger partial charge in [0, 0.05) is 24.3 Å². The number of carbonyl (C=O) groups is 3. The zero-order valence-electron chi connectivity index (χ0n) is 9.93. The Morgan fingerprint density at radius 1 is 1.35 bits per heavy atom. The van der Waals surface area contributed by atoms with E-state index >= 15 is 0 Å². The smallest absolute Gasteiger partial charge is 0.255 e. The summed E-state index contributed by atoms with van der Waals surface area (Å²) in [6.07, 6.45) is 2.79. The minimum atomic E-state index is -0.383. The highest BCUT2D eigenvalue weighted by Gasteiger charge is 2.23. The number of thioether (sulfide) groups is 1. The number of rotatable bonds is 6. The zero-order chi connectivity index (χ0) is 12.8. The van der Waals surface area contributed by atoms with Crippen LogP contribution in [0.25, 0.3) is 0 Å². The van der Waals surface area contributed by atoms with Gasteiger partial charge in [-0.15, -0.1) is 0 Å². The van der Waals surface area contributed by atoms with Gasteiger partial charge in [0.1, 0.15) is 6.67 Å². The van der Waals surface area contributed by atoms with Crippen LogP contribution in [0.15, 0.2) is 12.2 Å². The Balaban J connectivity index is 2.20. The van der Waals surface area contributed by atoms with Crippen LogP contribution in [0, 0.1) is 0 Å². The summed E-state index contributed by atoms with van der Waals surface area (Å²) in [4.78, 5) is 34.7. The first kappa shape index (κ1) is 13.8. The monoisotopic (exact) mass is 256 g/mol. The van der Waals surface area contributed by atoms with Crippen molar-refractivity contribution in [1.29, 1.82) is 0 Å². The molecule has 0 radical (unpaired) electrons. The van der Waals surface area contributed by atoms with Crippen LogP contribution in [0.4, 0.5) is 0 Å². The minimum absolute atomic E-state index is 0.0458. The van der Waals surface area contributed by atoms with Gasteiger partial charge in [0.15, 0.2) is 0 Å². The van der Waals surface area contributed by atoms with E-state index in [1.54, 1.807) is 11.8 Å². The summed E-state index contributed by atoms with van der Waals surface area (Å²) in [5, 5.41) is 3.05. The van der Waals surface area contributed by atoms with Gasteiger partial charge in [-0.3, -0.25) is 19.3 Å². The summed E-state index contributed by atoms with van der Waals surface area (Å²) in [6.45, 7) is 4.08. The number of imide groups is 1. The molecule has 3 amide bonds. The fourth-order valence-corrected chi connectivity index (χ4v) is 2.00.